The summed E-state index contributed by atoms with van der Waals surface area (Å²) in [6.45, 7) is 4.01. The summed E-state index contributed by atoms with van der Waals surface area (Å²) >= 11 is 0. The number of hydrogen-bond acceptors (Lipinski definition) is 4. The number of nitrogens with one attached hydrogen (secondary N) is 2. The maximum atomic E-state index is 14.4. The van der Waals surface area contributed by atoms with Gasteiger partial charge in [-0.2, -0.15) is 0 Å². The Morgan fingerprint density at radius 3 is 2.18 bits per heavy atom. The monoisotopic (exact) mass is 533 g/mol. The first kappa shape index (κ1) is 26.5. The molecule has 7 nitrogen and oxygen atoms in total. The van der Waals surface area contributed by atoms with Crippen LogP contribution in [0.2, 0.25) is 0 Å². The van der Waals surface area contributed by atoms with Crippen LogP contribution in [-0.2, 0) is 19.1 Å². The Bertz CT molecular complexity index is 1130. The molecule has 2 N–H and O–H groups in total. The first-order valence-electron chi connectivity index (χ1n) is 15.3. The zero-order chi connectivity index (χ0) is 27.1. The zero-order valence-corrected chi connectivity index (χ0v) is 23.4. The Morgan fingerprint density at radius 2 is 1.49 bits per heavy atom. The normalized spacial score (nSPS) is 33.1. The van der Waals surface area contributed by atoms with Crippen molar-refractivity contribution in [3.05, 3.63) is 41.5 Å². The number of benzene rings is 1. The average molecular weight is 534 g/mol. The number of anilines is 1. The number of aryl methyl sites for hydroxylation is 2. The van der Waals surface area contributed by atoms with Gasteiger partial charge in [0.2, 0.25) is 17.7 Å². The molecule has 5 aliphatic rings. The number of ether oxygens (including phenoxy) is 1. The van der Waals surface area contributed by atoms with Gasteiger partial charge in [0.15, 0.2) is 0 Å². The number of hydrogen-bond donors (Lipinski definition) is 2. The van der Waals surface area contributed by atoms with Crippen molar-refractivity contribution in [1.82, 2.24) is 10.2 Å². The molecule has 2 saturated carbocycles. The van der Waals surface area contributed by atoms with E-state index in [0.717, 1.165) is 81.0 Å². The van der Waals surface area contributed by atoms with Crippen LogP contribution in [0.5, 0.6) is 0 Å². The van der Waals surface area contributed by atoms with Gasteiger partial charge in [0.25, 0.3) is 0 Å². The SMILES string of the molecule is Cc1cc(C)cc(NC(=O)[C@H]2[C@@H]3C=C[C@]4(O3)[C@@H]2C(=O)N(C2CCCCCCC2)[C@H]4C(=O)NC2CCCCC2)c1. The van der Waals surface area contributed by atoms with Crippen LogP contribution in [0, 0.1) is 25.7 Å². The van der Waals surface area contributed by atoms with E-state index >= 15 is 0 Å². The highest BCUT2D eigenvalue weighted by molar-refractivity contribution is 6.03. The number of fused-ring (bicyclic) bond motifs is 1. The number of rotatable bonds is 5. The lowest BCUT2D eigenvalue weighted by Crippen LogP contribution is -2.58. The minimum atomic E-state index is -1.09. The number of nitrogens with zero attached hydrogens (tertiary/aromatic N) is 1. The molecule has 4 fully saturated rings. The summed E-state index contributed by atoms with van der Waals surface area (Å²) in [6.07, 6.45) is 16.2. The molecule has 210 valence electrons. The molecule has 2 saturated heterocycles. The van der Waals surface area contributed by atoms with Gasteiger partial charge in [-0.25, -0.2) is 0 Å². The molecule has 2 bridgehead atoms. The Labute approximate surface area is 232 Å². The summed E-state index contributed by atoms with van der Waals surface area (Å²) < 4.78 is 6.58. The molecule has 1 aromatic rings. The minimum Gasteiger partial charge on any atom is -0.359 e. The van der Waals surface area contributed by atoms with E-state index < -0.39 is 29.6 Å². The summed E-state index contributed by atoms with van der Waals surface area (Å²) in [5.41, 5.74) is 1.77. The van der Waals surface area contributed by atoms with Crippen molar-refractivity contribution < 1.29 is 19.1 Å². The number of carbonyl (C=O) groups excluding carboxylic acids is 3. The van der Waals surface area contributed by atoms with Gasteiger partial charge in [-0.3, -0.25) is 14.4 Å². The van der Waals surface area contributed by atoms with Crippen LogP contribution < -0.4 is 10.6 Å². The third-order valence-corrected chi connectivity index (χ3v) is 9.77. The predicted molar refractivity (Wildman–Crippen MR) is 150 cm³/mol. The molecular weight excluding hydrogens is 490 g/mol. The van der Waals surface area contributed by atoms with E-state index in [1.165, 1.54) is 12.8 Å². The van der Waals surface area contributed by atoms with Crippen molar-refractivity contribution in [3.63, 3.8) is 0 Å². The molecule has 7 heteroatoms. The summed E-state index contributed by atoms with van der Waals surface area (Å²) in [5, 5.41) is 6.40. The molecule has 3 heterocycles. The fraction of sp³-hybridized carbons (Fsp3) is 0.656. The molecule has 0 aromatic heterocycles. The third kappa shape index (κ3) is 4.81. The van der Waals surface area contributed by atoms with Crippen LogP contribution in [0.15, 0.2) is 30.4 Å². The molecule has 1 spiro atoms. The van der Waals surface area contributed by atoms with Gasteiger partial charge in [-0.1, -0.05) is 69.6 Å². The predicted octanol–water partition coefficient (Wildman–Crippen LogP) is 4.95. The van der Waals surface area contributed by atoms with E-state index in [2.05, 4.69) is 16.7 Å². The van der Waals surface area contributed by atoms with Gasteiger partial charge in [-0.05, 0) is 62.8 Å². The van der Waals surface area contributed by atoms with Gasteiger partial charge in [0.05, 0.1) is 17.9 Å². The zero-order valence-electron chi connectivity index (χ0n) is 23.4. The standard InChI is InChI=1S/C32H43N3O4/c1-20-17-21(2)19-23(18-20)34-29(36)26-25-15-16-32(39-25)27(26)31(38)35(24-13-9-4-3-5-10-14-24)28(32)30(37)33-22-11-7-6-8-12-22/h15-19,22,24-28H,3-14H2,1-2H3,(H,33,37)(H,34,36)/t25-,26-,27-,28-,32-/m0/s1. The smallest absolute Gasteiger partial charge is 0.246 e. The summed E-state index contributed by atoms with van der Waals surface area (Å²) in [6, 6.07) is 5.37. The second-order valence-corrected chi connectivity index (χ2v) is 12.7. The second-order valence-electron chi connectivity index (χ2n) is 12.7. The lowest BCUT2D eigenvalue weighted by atomic mass is 9.74. The van der Waals surface area contributed by atoms with E-state index in [-0.39, 0.29) is 29.8 Å². The third-order valence-electron chi connectivity index (χ3n) is 9.77. The highest BCUT2D eigenvalue weighted by Gasteiger charge is 2.73. The molecule has 2 aliphatic carbocycles. The fourth-order valence-corrected chi connectivity index (χ4v) is 8.11. The van der Waals surface area contributed by atoms with E-state index in [0.29, 0.717) is 0 Å². The van der Waals surface area contributed by atoms with E-state index in [1.807, 2.05) is 43.0 Å². The second kappa shape index (κ2) is 10.7. The first-order valence-corrected chi connectivity index (χ1v) is 15.3. The highest BCUT2D eigenvalue weighted by Crippen LogP contribution is 2.56. The van der Waals surface area contributed by atoms with Crippen molar-refractivity contribution in [2.45, 2.75) is 121 Å². The lowest BCUT2D eigenvalue weighted by Gasteiger charge is -2.38. The van der Waals surface area contributed by atoms with E-state index in [4.69, 9.17) is 4.74 Å². The van der Waals surface area contributed by atoms with E-state index in [9.17, 15) is 14.4 Å². The quantitative estimate of drug-likeness (QED) is 0.524. The van der Waals surface area contributed by atoms with Gasteiger partial charge < -0.3 is 20.3 Å². The van der Waals surface area contributed by atoms with Crippen molar-refractivity contribution in [1.29, 1.82) is 0 Å². The number of amides is 3. The van der Waals surface area contributed by atoms with Crippen molar-refractivity contribution in [2.75, 3.05) is 5.32 Å². The summed E-state index contributed by atoms with van der Waals surface area (Å²) in [5.74, 6) is -1.75. The van der Waals surface area contributed by atoms with Gasteiger partial charge >= 0.3 is 0 Å². The van der Waals surface area contributed by atoms with Gasteiger partial charge in [-0.15, -0.1) is 0 Å². The molecule has 3 aliphatic heterocycles. The maximum absolute atomic E-state index is 14.4. The Kier molecular flexibility index (Phi) is 7.30. The van der Waals surface area contributed by atoms with E-state index in [1.54, 1.807) is 0 Å². The molecule has 5 atom stereocenters. The Hall–Kier alpha value is -2.67. The van der Waals surface area contributed by atoms with Crippen molar-refractivity contribution in [2.24, 2.45) is 11.8 Å². The molecule has 39 heavy (non-hydrogen) atoms. The highest BCUT2D eigenvalue weighted by atomic mass is 16.5. The van der Waals surface area contributed by atoms with Gasteiger partial charge in [0.1, 0.15) is 11.6 Å². The lowest BCUT2D eigenvalue weighted by molar-refractivity contribution is -0.144. The largest absolute Gasteiger partial charge is 0.359 e. The van der Waals surface area contributed by atoms with Crippen LogP contribution in [0.3, 0.4) is 0 Å². The Balaban J connectivity index is 1.32. The molecule has 6 rings (SSSR count). The maximum Gasteiger partial charge on any atom is 0.246 e. The van der Waals surface area contributed by atoms with Gasteiger partial charge in [0, 0.05) is 17.8 Å². The van der Waals surface area contributed by atoms with Crippen LogP contribution in [0.25, 0.3) is 0 Å². The molecule has 3 amide bonds. The minimum absolute atomic E-state index is 0.000866. The van der Waals surface area contributed by atoms with Crippen molar-refractivity contribution >= 4 is 23.4 Å². The summed E-state index contributed by atoms with van der Waals surface area (Å²) in [7, 11) is 0. The average Bonchev–Trinajstić information content (AvgIpc) is 3.51. The summed E-state index contributed by atoms with van der Waals surface area (Å²) in [4.78, 5) is 44.2. The fourth-order valence-electron chi connectivity index (χ4n) is 8.11. The van der Waals surface area contributed by atoms with Crippen LogP contribution in [-0.4, -0.2) is 52.5 Å². The number of carbonyl (C=O) groups is 3. The van der Waals surface area contributed by atoms with Crippen LogP contribution in [0.1, 0.15) is 88.2 Å². The van der Waals surface area contributed by atoms with Crippen LogP contribution >= 0.6 is 0 Å². The first-order chi connectivity index (χ1) is 18.9. The Morgan fingerprint density at radius 1 is 0.872 bits per heavy atom. The molecule has 0 radical (unpaired) electrons. The number of likely N-dealkylation sites (tertiary alicyclic amines) is 1. The molecular formula is C32H43N3O4. The topological polar surface area (TPSA) is 87.7 Å². The van der Waals surface area contributed by atoms with Crippen LogP contribution in [0.4, 0.5) is 5.69 Å². The van der Waals surface area contributed by atoms with Crippen molar-refractivity contribution in [3.8, 4) is 0 Å². The molecule has 0 unspecified atom stereocenters. The molecule has 1 aromatic carbocycles.